The molecule has 0 aromatic heterocycles. The van der Waals surface area contributed by atoms with Crippen LogP contribution in [0.25, 0.3) is 0 Å². The van der Waals surface area contributed by atoms with E-state index < -0.39 is 5.60 Å². The molecule has 3 nitrogen and oxygen atoms in total. The predicted octanol–water partition coefficient (Wildman–Crippen LogP) is 2.35. The smallest absolute Gasteiger partial charge is 0.0833 e. The van der Waals surface area contributed by atoms with Gasteiger partial charge in [0.1, 0.15) is 0 Å². The van der Waals surface area contributed by atoms with Crippen LogP contribution in [-0.2, 0) is 6.54 Å². The molecule has 1 aromatic rings. The van der Waals surface area contributed by atoms with Crippen LogP contribution >= 0.6 is 11.8 Å². The molecule has 21 heavy (non-hydrogen) atoms. The summed E-state index contributed by atoms with van der Waals surface area (Å²) in [5, 5.41) is 13.8. The van der Waals surface area contributed by atoms with Crippen LogP contribution in [0.1, 0.15) is 25.3 Å². The number of rotatable bonds is 7. The van der Waals surface area contributed by atoms with Gasteiger partial charge in [-0.25, -0.2) is 0 Å². The van der Waals surface area contributed by atoms with Gasteiger partial charge in [-0.3, -0.25) is 4.90 Å². The molecule has 0 spiro atoms. The highest BCUT2D eigenvalue weighted by atomic mass is 32.2. The Hall–Kier alpha value is -0.550. The molecule has 1 aromatic carbocycles. The zero-order chi connectivity index (χ0) is 15.1. The number of likely N-dealkylation sites (tertiary alicyclic amines) is 1. The average molecular weight is 308 g/mol. The largest absolute Gasteiger partial charge is 0.388 e. The van der Waals surface area contributed by atoms with Crippen molar-refractivity contribution in [2.24, 2.45) is 0 Å². The molecular formula is C17H28N2OS. The highest BCUT2D eigenvalue weighted by Gasteiger charge is 2.24. The highest BCUT2D eigenvalue weighted by Crippen LogP contribution is 2.15. The van der Waals surface area contributed by atoms with Crippen LogP contribution in [-0.4, -0.2) is 53.3 Å². The third kappa shape index (κ3) is 5.99. The van der Waals surface area contributed by atoms with Crippen molar-refractivity contribution in [1.29, 1.82) is 0 Å². The molecule has 1 saturated heterocycles. The van der Waals surface area contributed by atoms with Crippen molar-refractivity contribution in [2.75, 3.05) is 31.6 Å². The first-order valence-corrected chi connectivity index (χ1v) is 9.19. The normalized spacial score (nSPS) is 22.9. The standard InChI is InChI=1S/C17H28N2OS/c1-17(20,14-21-2)13-18-16-9-6-10-19(12-16)11-15-7-4-3-5-8-15/h3-5,7-8,16,18,20H,6,9-14H2,1-2H3/t16-,17-/m0/s1. The van der Waals surface area contributed by atoms with E-state index in [0.29, 0.717) is 12.6 Å². The third-order valence-corrected chi connectivity index (χ3v) is 4.89. The molecule has 1 aliphatic heterocycles. The van der Waals surface area contributed by atoms with Gasteiger partial charge in [-0.1, -0.05) is 30.3 Å². The van der Waals surface area contributed by atoms with Crippen LogP contribution < -0.4 is 5.32 Å². The summed E-state index contributed by atoms with van der Waals surface area (Å²) in [6.07, 6.45) is 4.48. The predicted molar refractivity (Wildman–Crippen MR) is 91.7 cm³/mol. The summed E-state index contributed by atoms with van der Waals surface area (Å²) in [5.74, 6) is 0.778. The first-order chi connectivity index (χ1) is 10.1. The fourth-order valence-corrected chi connectivity index (χ4v) is 3.66. The SMILES string of the molecule is CSC[C@@](C)(O)CN[C@H]1CCCN(Cc2ccccc2)C1. The summed E-state index contributed by atoms with van der Waals surface area (Å²) in [6.45, 7) is 5.87. The van der Waals surface area contributed by atoms with Crippen LogP contribution in [0.2, 0.25) is 0 Å². The van der Waals surface area contributed by atoms with Gasteiger partial charge in [-0.05, 0) is 38.1 Å². The van der Waals surface area contributed by atoms with Crippen LogP contribution in [0, 0.1) is 0 Å². The molecule has 118 valence electrons. The zero-order valence-corrected chi connectivity index (χ0v) is 14.0. The Morgan fingerprint density at radius 2 is 2.14 bits per heavy atom. The molecule has 2 rings (SSSR count). The summed E-state index contributed by atoms with van der Waals surface area (Å²) in [4.78, 5) is 2.51. The fraction of sp³-hybridized carbons (Fsp3) is 0.647. The monoisotopic (exact) mass is 308 g/mol. The molecule has 0 aliphatic carbocycles. The minimum Gasteiger partial charge on any atom is -0.388 e. The molecule has 2 atom stereocenters. The lowest BCUT2D eigenvalue weighted by molar-refractivity contribution is 0.0746. The molecule has 0 amide bonds. The number of nitrogens with zero attached hydrogens (tertiary/aromatic N) is 1. The Balaban J connectivity index is 1.78. The summed E-state index contributed by atoms with van der Waals surface area (Å²) in [7, 11) is 0. The van der Waals surface area contributed by atoms with Gasteiger partial charge in [-0.2, -0.15) is 11.8 Å². The second kappa shape index (κ2) is 8.18. The van der Waals surface area contributed by atoms with Gasteiger partial charge >= 0.3 is 0 Å². The lowest BCUT2D eigenvalue weighted by atomic mass is 10.0. The van der Waals surface area contributed by atoms with Crippen LogP contribution in [0.15, 0.2) is 30.3 Å². The molecule has 0 unspecified atom stereocenters. The van der Waals surface area contributed by atoms with Crippen LogP contribution in [0.3, 0.4) is 0 Å². The number of thioether (sulfide) groups is 1. The van der Waals surface area contributed by atoms with Gasteiger partial charge in [-0.15, -0.1) is 0 Å². The van der Waals surface area contributed by atoms with E-state index in [1.54, 1.807) is 11.8 Å². The van der Waals surface area contributed by atoms with Gasteiger partial charge in [0.25, 0.3) is 0 Å². The van der Waals surface area contributed by atoms with E-state index in [-0.39, 0.29) is 0 Å². The van der Waals surface area contributed by atoms with Crippen molar-refractivity contribution < 1.29 is 5.11 Å². The first kappa shape index (κ1) is 16.8. The fourth-order valence-electron chi connectivity index (χ4n) is 2.93. The molecule has 1 fully saturated rings. The van der Waals surface area contributed by atoms with Gasteiger partial charge in [0.05, 0.1) is 5.60 Å². The summed E-state index contributed by atoms with van der Waals surface area (Å²) >= 11 is 1.70. The maximum absolute atomic E-state index is 10.2. The maximum atomic E-state index is 10.2. The molecule has 0 radical (unpaired) electrons. The Kier molecular flexibility index (Phi) is 6.55. The number of benzene rings is 1. The van der Waals surface area contributed by atoms with Crippen molar-refractivity contribution in [3.8, 4) is 0 Å². The molecule has 1 heterocycles. The quantitative estimate of drug-likeness (QED) is 0.810. The summed E-state index contributed by atoms with van der Waals surface area (Å²) in [5.41, 5.74) is 0.772. The van der Waals surface area contributed by atoms with Gasteiger partial charge in [0.15, 0.2) is 0 Å². The Morgan fingerprint density at radius 1 is 1.38 bits per heavy atom. The minimum atomic E-state index is -0.610. The van der Waals surface area contributed by atoms with Crippen molar-refractivity contribution >= 4 is 11.8 Å². The van der Waals surface area contributed by atoms with E-state index in [0.717, 1.165) is 18.8 Å². The maximum Gasteiger partial charge on any atom is 0.0833 e. The number of hydrogen-bond acceptors (Lipinski definition) is 4. The Labute approximate surface area is 133 Å². The first-order valence-electron chi connectivity index (χ1n) is 7.80. The van der Waals surface area contributed by atoms with Crippen LogP contribution in [0.4, 0.5) is 0 Å². The number of nitrogens with one attached hydrogen (secondary N) is 1. The summed E-state index contributed by atoms with van der Waals surface area (Å²) < 4.78 is 0. The molecule has 4 heteroatoms. The third-order valence-electron chi connectivity index (χ3n) is 3.98. The van der Waals surface area contributed by atoms with Crippen LogP contribution in [0.5, 0.6) is 0 Å². The van der Waals surface area contributed by atoms with Gasteiger partial charge in [0, 0.05) is 31.4 Å². The molecular weight excluding hydrogens is 280 g/mol. The van der Waals surface area contributed by atoms with E-state index >= 15 is 0 Å². The molecule has 2 N–H and O–H groups in total. The van der Waals surface area contributed by atoms with E-state index in [1.807, 2.05) is 13.2 Å². The second-order valence-corrected chi connectivity index (χ2v) is 7.24. The molecule has 0 saturated carbocycles. The number of hydrogen-bond donors (Lipinski definition) is 2. The minimum absolute atomic E-state index is 0.496. The lowest BCUT2D eigenvalue weighted by Crippen LogP contribution is -2.50. The van der Waals surface area contributed by atoms with Crippen molar-refractivity contribution in [2.45, 2.75) is 38.0 Å². The van der Waals surface area contributed by atoms with E-state index in [9.17, 15) is 5.11 Å². The zero-order valence-electron chi connectivity index (χ0n) is 13.2. The van der Waals surface area contributed by atoms with Gasteiger partial charge < -0.3 is 10.4 Å². The van der Waals surface area contributed by atoms with Crippen molar-refractivity contribution in [1.82, 2.24) is 10.2 Å². The lowest BCUT2D eigenvalue weighted by Gasteiger charge is -2.35. The second-order valence-electron chi connectivity index (χ2n) is 6.37. The van der Waals surface area contributed by atoms with Crippen molar-refractivity contribution in [3.63, 3.8) is 0 Å². The van der Waals surface area contributed by atoms with Gasteiger partial charge in [0.2, 0.25) is 0 Å². The van der Waals surface area contributed by atoms with E-state index in [1.165, 1.54) is 24.9 Å². The highest BCUT2D eigenvalue weighted by molar-refractivity contribution is 7.98. The molecule has 0 bridgehead atoms. The average Bonchev–Trinajstić information content (AvgIpc) is 2.47. The Morgan fingerprint density at radius 3 is 2.86 bits per heavy atom. The number of piperidine rings is 1. The number of aliphatic hydroxyl groups is 1. The van der Waals surface area contributed by atoms with E-state index in [2.05, 4.69) is 40.5 Å². The van der Waals surface area contributed by atoms with E-state index in [4.69, 9.17) is 0 Å². The topological polar surface area (TPSA) is 35.5 Å². The summed E-state index contributed by atoms with van der Waals surface area (Å²) in [6, 6.07) is 11.2. The Bertz CT molecular complexity index is 411. The van der Waals surface area contributed by atoms with Crippen molar-refractivity contribution in [3.05, 3.63) is 35.9 Å². The molecule has 1 aliphatic rings.